The monoisotopic (exact) mass is 337 g/mol. The van der Waals surface area contributed by atoms with Gasteiger partial charge in [0.2, 0.25) is 0 Å². The first-order valence-electron chi connectivity index (χ1n) is 7.63. The molecule has 1 aromatic carbocycles. The van der Waals surface area contributed by atoms with E-state index in [9.17, 15) is 0 Å². The van der Waals surface area contributed by atoms with Crippen molar-refractivity contribution in [3.8, 4) is 0 Å². The van der Waals surface area contributed by atoms with Crippen molar-refractivity contribution in [1.29, 1.82) is 0 Å². The highest BCUT2D eigenvalue weighted by Gasteiger charge is 2.30. The highest BCUT2D eigenvalue weighted by atomic mass is 79.9. The van der Waals surface area contributed by atoms with E-state index < -0.39 is 0 Å². The molecule has 110 valence electrons. The highest BCUT2D eigenvalue weighted by molar-refractivity contribution is 9.10. The molecule has 20 heavy (non-hydrogen) atoms. The van der Waals surface area contributed by atoms with Gasteiger partial charge < -0.3 is 10.6 Å². The third-order valence-corrected chi connectivity index (χ3v) is 5.41. The number of halogens is 1. The van der Waals surface area contributed by atoms with Gasteiger partial charge in [-0.2, -0.15) is 0 Å². The van der Waals surface area contributed by atoms with Crippen LogP contribution in [0.1, 0.15) is 30.9 Å². The summed E-state index contributed by atoms with van der Waals surface area (Å²) in [6.45, 7) is 4.30. The van der Waals surface area contributed by atoms with Crippen molar-refractivity contribution in [2.45, 2.75) is 25.3 Å². The SMILES string of the molecule is CN1CC(CN)CC1c1ccc(N2CCCC2)c(Br)c1. The van der Waals surface area contributed by atoms with Crippen LogP contribution in [0.3, 0.4) is 0 Å². The lowest BCUT2D eigenvalue weighted by Gasteiger charge is -2.23. The molecule has 2 unspecified atom stereocenters. The van der Waals surface area contributed by atoms with Crippen molar-refractivity contribution in [3.63, 3.8) is 0 Å². The summed E-state index contributed by atoms with van der Waals surface area (Å²) in [5, 5.41) is 0. The van der Waals surface area contributed by atoms with Crippen LogP contribution in [0.15, 0.2) is 22.7 Å². The minimum absolute atomic E-state index is 0.521. The zero-order valence-corrected chi connectivity index (χ0v) is 13.8. The van der Waals surface area contributed by atoms with E-state index in [-0.39, 0.29) is 0 Å². The molecule has 0 amide bonds. The molecule has 0 aromatic heterocycles. The summed E-state index contributed by atoms with van der Waals surface area (Å²) in [4.78, 5) is 4.92. The van der Waals surface area contributed by atoms with Crippen LogP contribution in [0.2, 0.25) is 0 Å². The van der Waals surface area contributed by atoms with E-state index in [1.807, 2.05) is 0 Å². The smallest absolute Gasteiger partial charge is 0.0510 e. The molecule has 2 saturated heterocycles. The standard InChI is InChI=1S/C16H24BrN3/c1-19-11-12(10-18)8-16(19)13-4-5-15(14(17)9-13)20-6-2-3-7-20/h4-5,9,12,16H,2-3,6-8,10-11,18H2,1H3. The predicted molar refractivity (Wildman–Crippen MR) is 88.1 cm³/mol. The van der Waals surface area contributed by atoms with E-state index in [4.69, 9.17) is 5.73 Å². The van der Waals surface area contributed by atoms with Crippen molar-refractivity contribution in [2.75, 3.05) is 38.1 Å². The molecule has 2 N–H and O–H groups in total. The maximum atomic E-state index is 5.83. The maximum absolute atomic E-state index is 5.83. The number of likely N-dealkylation sites (tertiary alicyclic amines) is 1. The fourth-order valence-corrected chi connectivity index (χ4v) is 4.26. The van der Waals surface area contributed by atoms with Gasteiger partial charge in [-0.05, 0) is 72.4 Å². The number of nitrogens with two attached hydrogens (primary N) is 1. The summed E-state index contributed by atoms with van der Waals surface area (Å²) < 4.78 is 1.24. The first-order valence-corrected chi connectivity index (χ1v) is 8.43. The quantitative estimate of drug-likeness (QED) is 0.920. The molecule has 0 bridgehead atoms. The minimum Gasteiger partial charge on any atom is -0.371 e. The van der Waals surface area contributed by atoms with Gasteiger partial charge in [0.15, 0.2) is 0 Å². The zero-order chi connectivity index (χ0) is 14.1. The Morgan fingerprint density at radius 2 is 2.05 bits per heavy atom. The van der Waals surface area contributed by atoms with E-state index in [0.29, 0.717) is 12.0 Å². The molecular weight excluding hydrogens is 314 g/mol. The first kappa shape index (κ1) is 14.4. The van der Waals surface area contributed by atoms with E-state index in [1.165, 1.54) is 48.1 Å². The van der Waals surface area contributed by atoms with Crippen LogP contribution < -0.4 is 10.6 Å². The second-order valence-corrected chi connectivity index (χ2v) is 7.05. The van der Waals surface area contributed by atoms with Gasteiger partial charge in [0.1, 0.15) is 0 Å². The molecule has 2 atom stereocenters. The van der Waals surface area contributed by atoms with Crippen LogP contribution >= 0.6 is 15.9 Å². The lowest BCUT2D eigenvalue weighted by atomic mass is 9.99. The summed E-state index contributed by atoms with van der Waals surface area (Å²) >= 11 is 3.77. The fourth-order valence-electron chi connectivity index (χ4n) is 3.61. The Balaban J connectivity index is 1.79. The van der Waals surface area contributed by atoms with E-state index in [1.54, 1.807) is 0 Å². The second kappa shape index (κ2) is 6.04. The highest BCUT2D eigenvalue weighted by Crippen LogP contribution is 2.37. The Morgan fingerprint density at radius 3 is 2.65 bits per heavy atom. The molecule has 2 heterocycles. The van der Waals surface area contributed by atoms with Gasteiger partial charge in [-0.15, -0.1) is 0 Å². The minimum atomic E-state index is 0.521. The Kier molecular flexibility index (Phi) is 4.34. The Bertz CT molecular complexity index is 471. The molecular formula is C16H24BrN3. The molecule has 0 saturated carbocycles. The lowest BCUT2D eigenvalue weighted by Crippen LogP contribution is -2.21. The zero-order valence-electron chi connectivity index (χ0n) is 12.2. The average molecular weight is 338 g/mol. The Morgan fingerprint density at radius 1 is 1.30 bits per heavy atom. The molecule has 4 heteroatoms. The third kappa shape index (κ3) is 2.74. The fraction of sp³-hybridized carbons (Fsp3) is 0.625. The number of hydrogen-bond acceptors (Lipinski definition) is 3. The van der Waals surface area contributed by atoms with Crippen LogP contribution in [0.5, 0.6) is 0 Å². The van der Waals surface area contributed by atoms with Crippen LogP contribution in [0, 0.1) is 5.92 Å². The van der Waals surface area contributed by atoms with Crippen LogP contribution in [0.4, 0.5) is 5.69 Å². The summed E-state index contributed by atoms with van der Waals surface area (Å²) in [6.07, 6.45) is 3.82. The maximum Gasteiger partial charge on any atom is 0.0510 e. The van der Waals surface area contributed by atoms with E-state index in [0.717, 1.165) is 13.1 Å². The molecule has 1 aromatic rings. The number of hydrogen-bond donors (Lipinski definition) is 1. The summed E-state index contributed by atoms with van der Waals surface area (Å²) in [7, 11) is 2.21. The van der Waals surface area contributed by atoms with Gasteiger partial charge in [-0.25, -0.2) is 0 Å². The van der Waals surface area contributed by atoms with Crippen molar-refractivity contribution in [1.82, 2.24) is 4.90 Å². The molecule has 0 aliphatic carbocycles. The summed E-state index contributed by atoms with van der Waals surface area (Å²) in [6, 6.07) is 7.42. The topological polar surface area (TPSA) is 32.5 Å². The Labute approximate surface area is 130 Å². The van der Waals surface area contributed by atoms with Gasteiger partial charge in [0, 0.05) is 30.1 Å². The van der Waals surface area contributed by atoms with Gasteiger partial charge in [0.25, 0.3) is 0 Å². The van der Waals surface area contributed by atoms with Crippen molar-refractivity contribution >= 4 is 21.6 Å². The predicted octanol–water partition coefficient (Wildman–Crippen LogP) is 3.00. The number of nitrogens with zero attached hydrogens (tertiary/aromatic N) is 2. The van der Waals surface area contributed by atoms with Crippen molar-refractivity contribution < 1.29 is 0 Å². The number of rotatable bonds is 3. The summed E-state index contributed by atoms with van der Waals surface area (Å²) in [5.74, 6) is 0.641. The molecule has 2 aliphatic rings. The van der Waals surface area contributed by atoms with Gasteiger partial charge in [-0.1, -0.05) is 6.07 Å². The van der Waals surface area contributed by atoms with Crippen LogP contribution in [0.25, 0.3) is 0 Å². The molecule has 3 nitrogen and oxygen atoms in total. The number of anilines is 1. The molecule has 2 aliphatic heterocycles. The van der Waals surface area contributed by atoms with Crippen LogP contribution in [-0.4, -0.2) is 38.1 Å². The molecule has 0 radical (unpaired) electrons. The second-order valence-electron chi connectivity index (χ2n) is 6.20. The molecule has 2 fully saturated rings. The van der Waals surface area contributed by atoms with Gasteiger partial charge >= 0.3 is 0 Å². The summed E-state index contributed by atoms with van der Waals surface area (Å²) in [5.41, 5.74) is 8.59. The van der Waals surface area contributed by atoms with E-state index in [2.05, 4.69) is 51.0 Å². The molecule has 0 spiro atoms. The average Bonchev–Trinajstić information content (AvgIpc) is 3.07. The van der Waals surface area contributed by atoms with Gasteiger partial charge in [-0.3, -0.25) is 4.90 Å². The Hall–Kier alpha value is -0.580. The van der Waals surface area contributed by atoms with E-state index >= 15 is 0 Å². The van der Waals surface area contributed by atoms with Gasteiger partial charge in [0.05, 0.1) is 5.69 Å². The largest absolute Gasteiger partial charge is 0.371 e. The normalized spacial score (nSPS) is 27.4. The lowest BCUT2D eigenvalue weighted by molar-refractivity contribution is 0.313. The van der Waals surface area contributed by atoms with Crippen LogP contribution in [-0.2, 0) is 0 Å². The molecule has 3 rings (SSSR count). The van der Waals surface area contributed by atoms with Crippen molar-refractivity contribution in [2.24, 2.45) is 11.7 Å². The number of benzene rings is 1. The third-order valence-electron chi connectivity index (χ3n) is 4.77. The van der Waals surface area contributed by atoms with Crippen molar-refractivity contribution in [3.05, 3.63) is 28.2 Å². The first-order chi connectivity index (χ1) is 9.69.